The molecule has 1 atom stereocenters. The normalized spacial score (nSPS) is 20.9. The lowest BCUT2D eigenvalue weighted by molar-refractivity contribution is 0.599. The van der Waals surface area contributed by atoms with Crippen molar-refractivity contribution in [1.82, 2.24) is 10.3 Å². The Morgan fingerprint density at radius 3 is 2.87 bits per heavy atom. The molecule has 0 aliphatic carbocycles. The Balaban J connectivity index is 1.97. The summed E-state index contributed by atoms with van der Waals surface area (Å²) in [6.07, 6.45) is 2.61. The van der Waals surface area contributed by atoms with E-state index in [1.165, 1.54) is 30.0 Å². The van der Waals surface area contributed by atoms with Crippen molar-refractivity contribution < 1.29 is 0 Å². The molecule has 1 unspecified atom stereocenters. The third-order valence-corrected chi connectivity index (χ3v) is 4.19. The van der Waals surface area contributed by atoms with Crippen LogP contribution >= 0.6 is 11.3 Å². The number of nitrogens with one attached hydrogen (secondary N) is 1. The predicted octanol–water partition coefficient (Wildman–Crippen LogP) is 1.95. The SMILES string of the molecule is Cc1nc(N(C)CC2CCCN2)sc1C. The fourth-order valence-electron chi connectivity index (χ4n) is 1.94. The first-order valence-corrected chi connectivity index (χ1v) is 6.37. The minimum Gasteiger partial charge on any atom is -0.350 e. The van der Waals surface area contributed by atoms with E-state index in [1.807, 2.05) is 0 Å². The number of hydrogen-bond donors (Lipinski definition) is 1. The summed E-state index contributed by atoms with van der Waals surface area (Å²) in [7, 11) is 2.14. The van der Waals surface area contributed by atoms with Crippen molar-refractivity contribution in [3.63, 3.8) is 0 Å². The molecule has 1 N–H and O–H groups in total. The minimum absolute atomic E-state index is 0.652. The van der Waals surface area contributed by atoms with E-state index in [0.717, 1.165) is 11.7 Å². The molecular formula is C11H19N3S. The number of likely N-dealkylation sites (N-methyl/N-ethyl adjacent to an activating group) is 1. The largest absolute Gasteiger partial charge is 0.350 e. The first kappa shape index (κ1) is 10.9. The third-order valence-electron chi connectivity index (χ3n) is 3.00. The van der Waals surface area contributed by atoms with Gasteiger partial charge in [0.15, 0.2) is 5.13 Å². The van der Waals surface area contributed by atoms with Gasteiger partial charge in [-0.1, -0.05) is 0 Å². The molecular weight excluding hydrogens is 206 g/mol. The summed E-state index contributed by atoms with van der Waals surface area (Å²) in [5.74, 6) is 0. The van der Waals surface area contributed by atoms with Gasteiger partial charge in [0.2, 0.25) is 0 Å². The maximum Gasteiger partial charge on any atom is 0.185 e. The average Bonchev–Trinajstić information content (AvgIpc) is 2.78. The van der Waals surface area contributed by atoms with Crippen LogP contribution in [0.1, 0.15) is 23.4 Å². The van der Waals surface area contributed by atoms with Crippen molar-refractivity contribution in [2.75, 3.05) is 25.0 Å². The van der Waals surface area contributed by atoms with Gasteiger partial charge < -0.3 is 10.2 Å². The van der Waals surface area contributed by atoms with Gasteiger partial charge in [-0.3, -0.25) is 0 Å². The molecule has 1 aliphatic heterocycles. The Hall–Kier alpha value is -0.610. The molecule has 84 valence electrons. The van der Waals surface area contributed by atoms with Crippen LogP contribution in [-0.4, -0.2) is 31.2 Å². The molecule has 15 heavy (non-hydrogen) atoms. The van der Waals surface area contributed by atoms with E-state index in [1.54, 1.807) is 11.3 Å². The maximum absolute atomic E-state index is 4.57. The van der Waals surface area contributed by atoms with E-state index in [9.17, 15) is 0 Å². The molecule has 0 bridgehead atoms. The van der Waals surface area contributed by atoms with Gasteiger partial charge in [0.05, 0.1) is 5.69 Å². The van der Waals surface area contributed by atoms with Crippen molar-refractivity contribution in [1.29, 1.82) is 0 Å². The minimum atomic E-state index is 0.652. The Bertz CT molecular complexity index is 309. The van der Waals surface area contributed by atoms with E-state index in [-0.39, 0.29) is 0 Å². The Morgan fingerprint density at radius 2 is 2.33 bits per heavy atom. The van der Waals surface area contributed by atoms with Crippen molar-refractivity contribution in [3.8, 4) is 0 Å². The summed E-state index contributed by atoms with van der Waals surface area (Å²) in [5, 5.41) is 4.67. The van der Waals surface area contributed by atoms with E-state index < -0.39 is 0 Å². The van der Waals surface area contributed by atoms with Gasteiger partial charge in [0.25, 0.3) is 0 Å². The molecule has 0 amide bonds. The summed E-state index contributed by atoms with van der Waals surface area (Å²) in [6.45, 7) is 6.47. The zero-order valence-electron chi connectivity index (χ0n) is 9.71. The number of nitrogens with zero attached hydrogens (tertiary/aromatic N) is 2. The predicted molar refractivity (Wildman–Crippen MR) is 65.9 cm³/mol. The summed E-state index contributed by atoms with van der Waals surface area (Å²) in [6, 6.07) is 0.652. The van der Waals surface area contributed by atoms with Crippen LogP contribution in [-0.2, 0) is 0 Å². The molecule has 0 saturated carbocycles. The van der Waals surface area contributed by atoms with Crippen LogP contribution in [0.2, 0.25) is 0 Å². The first-order chi connectivity index (χ1) is 7.16. The third kappa shape index (κ3) is 2.49. The molecule has 4 heteroatoms. The van der Waals surface area contributed by atoms with Gasteiger partial charge in [-0.25, -0.2) is 4.98 Å². The van der Waals surface area contributed by atoms with Gasteiger partial charge in [-0.15, -0.1) is 11.3 Å². The number of thiazole rings is 1. The second-order valence-electron chi connectivity index (χ2n) is 4.31. The lowest BCUT2D eigenvalue weighted by Gasteiger charge is -2.20. The molecule has 0 radical (unpaired) electrons. The highest BCUT2D eigenvalue weighted by Gasteiger charge is 2.17. The number of aromatic nitrogens is 1. The number of rotatable bonds is 3. The monoisotopic (exact) mass is 225 g/mol. The Labute approximate surface area is 95.5 Å². The van der Waals surface area contributed by atoms with Crippen LogP contribution in [0.5, 0.6) is 0 Å². The highest BCUT2D eigenvalue weighted by Crippen LogP contribution is 2.24. The Kier molecular flexibility index (Phi) is 3.26. The molecule has 1 aliphatic rings. The number of anilines is 1. The average molecular weight is 225 g/mol. The van der Waals surface area contributed by atoms with Crippen LogP contribution in [0.3, 0.4) is 0 Å². The topological polar surface area (TPSA) is 28.2 Å². The van der Waals surface area contributed by atoms with E-state index in [0.29, 0.717) is 6.04 Å². The summed E-state index contributed by atoms with van der Waals surface area (Å²) >= 11 is 1.79. The molecule has 2 heterocycles. The fraction of sp³-hybridized carbons (Fsp3) is 0.727. The molecule has 0 aromatic carbocycles. The van der Waals surface area contributed by atoms with Crippen molar-refractivity contribution in [2.24, 2.45) is 0 Å². The highest BCUT2D eigenvalue weighted by atomic mass is 32.1. The van der Waals surface area contributed by atoms with Crippen LogP contribution in [0, 0.1) is 13.8 Å². The summed E-state index contributed by atoms with van der Waals surface area (Å²) in [5.41, 5.74) is 1.17. The second kappa shape index (κ2) is 4.49. The molecule has 1 aromatic heterocycles. The van der Waals surface area contributed by atoms with Crippen molar-refractivity contribution >= 4 is 16.5 Å². The van der Waals surface area contributed by atoms with Gasteiger partial charge in [-0.05, 0) is 33.2 Å². The standard InChI is InChI=1S/C11H19N3S/c1-8-9(2)15-11(13-8)14(3)7-10-5-4-6-12-10/h10,12H,4-7H2,1-3H3. The van der Waals surface area contributed by atoms with E-state index in [4.69, 9.17) is 0 Å². The van der Waals surface area contributed by atoms with E-state index in [2.05, 4.69) is 36.1 Å². The van der Waals surface area contributed by atoms with E-state index >= 15 is 0 Å². The maximum atomic E-state index is 4.57. The van der Waals surface area contributed by atoms with Crippen LogP contribution in [0.4, 0.5) is 5.13 Å². The van der Waals surface area contributed by atoms with Crippen LogP contribution in [0.15, 0.2) is 0 Å². The van der Waals surface area contributed by atoms with Crippen molar-refractivity contribution in [2.45, 2.75) is 32.7 Å². The van der Waals surface area contributed by atoms with Gasteiger partial charge in [0.1, 0.15) is 0 Å². The molecule has 3 nitrogen and oxygen atoms in total. The van der Waals surface area contributed by atoms with Crippen LogP contribution in [0.25, 0.3) is 0 Å². The quantitative estimate of drug-likeness (QED) is 0.852. The smallest absolute Gasteiger partial charge is 0.185 e. The molecule has 0 spiro atoms. The lowest BCUT2D eigenvalue weighted by atomic mass is 10.2. The van der Waals surface area contributed by atoms with Crippen LogP contribution < -0.4 is 10.2 Å². The van der Waals surface area contributed by atoms with Crippen molar-refractivity contribution in [3.05, 3.63) is 10.6 Å². The van der Waals surface area contributed by atoms with Gasteiger partial charge in [-0.2, -0.15) is 0 Å². The summed E-state index contributed by atoms with van der Waals surface area (Å²) < 4.78 is 0. The molecule has 1 aromatic rings. The lowest BCUT2D eigenvalue weighted by Crippen LogP contribution is -2.35. The van der Waals surface area contributed by atoms with Gasteiger partial charge >= 0.3 is 0 Å². The first-order valence-electron chi connectivity index (χ1n) is 5.55. The zero-order chi connectivity index (χ0) is 10.8. The summed E-state index contributed by atoms with van der Waals surface area (Å²) in [4.78, 5) is 8.17. The highest BCUT2D eigenvalue weighted by molar-refractivity contribution is 7.15. The van der Waals surface area contributed by atoms with Gasteiger partial charge in [0, 0.05) is 24.5 Å². The number of aryl methyl sites for hydroxylation is 2. The number of hydrogen-bond acceptors (Lipinski definition) is 4. The fourth-order valence-corrected chi connectivity index (χ4v) is 2.82. The zero-order valence-corrected chi connectivity index (χ0v) is 10.5. The Morgan fingerprint density at radius 1 is 1.53 bits per heavy atom. The molecule has 1 fully saturated rings. The second-order valence-corrected chi connectivity index (χ2v) is 5.49. The molecule has 1 saturated heterocycles. The molecule has 2 rings (SSSR count).